The molecule has 0 radical (unpaired) electrons. The highest BCUT2D eigenvalue weighted by Crippen LogP contribution is 2.20. The quantitative estimate of drug-likeness (QED) is 0.814. The molecule has 18 heavy (non-hydrogen) atoms. The minimum absolute atomic E-state index is 0.0687. The molecule has 1 amide bonds. The predicted octanol–water partition coefficient (Wildman–Crippen LogP) is 1.91. The lowest BCUT2D eigenvalue weighted by Gasteiger charge is -2.27. The van der Waals surface area contributed by atoms with Gasteiger partial charge in [-0.2, -0.15) is 5.10 Å². The summed E-state index contributed by atoms with van der Waals surface area (Å²) < 4.78 is 5.00. The summed E-state index contributed by atoms with van der Waals surface area (Å²) in [5.74, 6) is 0.234. The number of hydrogen-bond acceptors (Lipinski definition) is 3. The number of methoxy groups -OCH3 is 1. The van der Waals surface area contributed by atoms with Crippen LogP contribution in [-0.2, 0) is 9.53 Å². The maximum absolute atomic E-state index is 11.9. The second-order valence-electron chi connectivity index (χ2n) is 4.47. The second-order valence-corrected chi connectivity index (χ2v) is 4.47. The summed E-state index contributed by atoms with van der Waals surface area (Å²) in [5, 5.41) is 5.99. The van der Waals surface area contributed by atoms with E-state index in [0.717, 1.165) is 11.3 Å². The van der Waals surface area contributed by atoms with Crippen LogP contribution in [0.25, 0.3) is 0 Å². The molecule has 4 heteroatoms. The van der Waals surface area contributed by atoms with E-state index in [0.29, 0.717) is 19.6 Å². The maximum atomic E-state index is 11.9. The van der Waals surface area contributed by atoms with E-state index in [2.05, 4.69) is 5.10 Å². The second kappa shape index (κ2) is 5.78. The van der Waals surface area contributed by atoms with Gasteiger partial charge in [-0.3, -0.25) is 4.79 Å². The molecule has 1 aliphatic rings. The molecule has 0 saturated carbocycles. The molecular weight excluding hydrogens is 228 g/mol. The Morgan fingerprint density at radius 3 is 2.78 bits per heavy atom. The molecule has 0 saturated heterocycles. The number of hydrazone groups is 1. The molecule has 0 aliphatic carbocycles. The maximum Gasteiger partial charge on any atom is 0.243 e. The number of amides is 1. The van der Waals surface area contributed by atoms with Crippen LogP contribution in [0.3, 0.4) is 0 Å². The molecule has 0 spiro atoms. The summed E-state index contributed by atoms with van der Waals surface area (Å²) in [6.07, 6.45) is 0.511. The van der Waals surface area contributed by atoms with Gasteiger partial charge in [0.2, 0.25) is 5.91 Å². The van der Waals surface area contributed by atoms with E-state index in [4.69, 9.17) is 4.74 Å². The fraction of sp³-hybridized carbons (Fsp3) is 0.429. The Balaban J connectivity index is 2.24. The number of carbonyl (C=O) groups excluding carboxylic acids is 1. The first-order valence-corrected chi connectivity index (χ1v) is 6.15. The molecule has 1 unspecified atom stereocenters. The van der Waals surface area contributed by atoms with Gasteiger partial charge < -0.3 is 4.74 Å². The zero-order valence-corrected chi connectivity index (χ0v) is 10.8. The molecule has 0 aromatic heterocycles. The Hall–Kier alpha value is -1.68. The standard InChI is InChI=1S/C14H18N2O2/c1-11-10-13(17)16(8-9-18-2)15-14(11)12-6-4-3-5-7-12/h3-7,11H,8-10H2,1-2H3. The summed E-state index contributed by atoms with van der Waals surface area (Å²) >= 11 is 0. The van der Waals surface area contributed by atoms with Crippen LogP contribution >= 0.6 is 0 Å². The van der Waals surface area contributed by atoms with Crippen LogP contribution in [-0.4, -0.2) is 36.9 Å². The van der Waals surface area contributed by atoms with Crippen LogP contribution in [0.15, 0.2) is 35.4 Å². The molecule has 0 fully saturated rings. The Morgan fingerprint density at radius 1 is 1.39 bits per heavy atom. The fourth-order valence-electron chi connectivity index (χ4n) is 2.05. The minimum atomic E-state index is 0.0687. The third-order valence-corrected chi connectivity index (χ3v) is 3.04. The lowest BCUT2D eigenvalue weighted by atomic mass is 9.94. The number of benzene rings is 1. The molecule has 1 atom stereocenters. The number of ether oxygens (including phenoxy) is 1. The van der Waals surface area contributed by atoms with Crippen molar-refractivity contribution in [1.82, 2.24) is 5.01 Å². The van der Waals surface area contributed by atoms with Gasteiger partial charge in [0.1, 0.15) is 0 Å². The highest BCUT2D eigenvalue weighted by Gasteiger charge is 2.26. The van der Waals surface area contributed by atoms with Crippen molar-refractivity contribution in [3.8, 4) is 0 Å². The highest BCUT2D eigenvalue weighted by molar-refractivity contribution is 6.05. The van der Waals surface area contributed by atoms with Gasteiger partial charge in [-0.05, 0) is 5.56 Å². The number of rotatable bonds is 4. The molecule has 0 bridgehead atoms. The number of carbonyl (C=O) groups is 1. The van der Waals surface area contributed by atoms with Gasteiger partial charge in [-0.1, -0.05) is 37.3 Å². The van der Waals surface area contributed by atoms with Crippen molar-refractivity contribution in [1.29, 1.82) is 0 Å². The van der Waals surface area contributed by atoms with Crippen molar-refractivity contribution in [2.45, 2.75) is 13.3 Å². The van der Waals surface area contributed by atoms with Gasteiger partial charge in [0, 0.05) is 19.4 Å². The lowest BCUT2D eigenvalue weighted by Crippen LogP contribution is -2.37. The monoisotopic (exact) mass is 246 g/mol. The van der Waals surface area contributed by atoms with E-state index in [1.54, 1.807) is 7.11 Å². The van der Waals surface area contributed by atoms with Crippen LogP contribution in [0.1, 0.15) is 18.9 Å². The summed E-state index contributed by atoms with van der Waals surface area (Å²) in [6, 6.07) is 10.0. The lowest BCUT2D eigenvalue weighted by molar-refractivity contribution is -0.133. The third kappa shape index (κ3) is 2.76. The number of nitrogens with zero attached hydrogens (tertiary/aromatic N) is 2. The van der Waals surface area contributed by atoms with Crippen LogP contribution in [0.4, 0.5) is 0 Å². The Kier molecular flexibility index (Phi) is 4.10. The van der Waals surface area contributed by atoms with Crippen LogP contribution < -0.4 is 0 Å². The Labute approximate surface area is 107 Å². The normalized spacial score (nSPS) is 19.9. The summed E-state index contributed by atoms with van der Waals surface area (Å²) in [4.78, 5) is 11.9. The van der Waals surface area contributed by atoms with Gasteiger partial charge in [0.25, 0.3) is 0 Å². The Morgan fingerprint density at radius 2 is 2.11 bits per heavy atom. The fourth-order valence-corrected chi connectivity index (χ4v) is 2.05. The molecule has 1 aliphatic heterocycles. The first-order valence-electron chi connectivity index (χ1n) is 6.15. The summed E-state index contributed by atoms with van der Waals surface area (Å²) in [5.41, 5.74) is 2.06. The molecule has 1 aromatic carbocycles. The van der Waals surface area contributed by atoms with E-state index >= 15 is 0 Å². The summed E-state index contributed by atoms with van der Waals surface area (Å²) in [6.45, 7) is 3.06. The van der Waals surface area contributed by atoms with Gasteiger partial charge in [0.15, 0.2) is 0 Å². The zero-order valence-electron chi connectivity index (χ0n) is 10.8. The average Bonchev–Trinajstić information content (AvgIpc) is 2.39. The topological polar surface area (TPSA) is 41.9 Å². The van der Waals surface area contributed by atoms with E-state index < -0.39 is 0 Å². The third-order valence-electron chi connectivity index (χ3n) is 3.04. The van der Waals surface area contributed by atoms with Crippen molar-refractivity contribution >= 4 is 11.6 Å². The van der Waals surface area contributed by atoms with Crippen molar-refractivity contribution in [2.24, 2.45) is 11.0 Å². The van der Waals surface area contributed by atoms with Crippen LogP contribution in [0.5, 0.6) is 0 Å². The molecule has 4 nitrogen and oxygen atoms in total. The minimum Gasteiger partial charge on any atom is -0.383 e. The van der Waals surface area contributed by atoms with Gasteiger partial charge in [0.05, 0.1) is 18.9 Å². The largest absolute Gasteiger partial charge is 0.383 e. The molecule has 0 N–H and O–H groups in total. The smallest absolute Gasteiger partial charge is 0.243 e. The average molecular weight is 246 g/mol. The first-order chi connectivity index (χ1) is 8.72. The van der Waals surface area contributed by atoms with Gasteiger partial charge >= 0.3 is 0 Å². The van der Waals surface area contributed by atoms with E-state index in [1.165, 1.54) is 5.01 Å². The van der Waals surface area contributed by atoms with Gasteiger partial charge in [-0.25, -0.2) is 5.01 Å². The van der Waals surface area contributed by atoms with Crippen molar-refractivity contribution in [3.63, 3.8) is 0 Å². The van der Waals surface area contributed by atoms with E-state index in [-0.39, 0.29) is 11.8 Å². The highest BCUT2D eigenvalue weighted by atomic mass is 16.5. The van der Waals surface area contributed by atoms with Crippen LogP contribution in [0, 0.1) is 5.92 Å². The molecule has 2 rings (SSSR count). The molecule has 1 heterocycles. The molecule has 96 valence electrons. The zero-order chi connectivity index (χ0) is 13.0. The summed E-state index contributed by atoms with van der Waals surface area (Å²) in [7, 11) is 1.62. The van der Waals surface area contributed by atoms with Crippen molar-refractivity contribution < 1.29 is 9.53 Å². The van der Waals surface area contributed by atoms with Crippen LogP contribution in [0.2, 0.25) is 0 Å². The van der Waals surface area contributed by atoms with E-state index in [9.17, 15) is 4.79 Å². The van der Waals surface area contributed by atoms with Gasteiger partial charge in [-0.15, -0.1) is 0 Å². The molecular formula is C14H18N2O2. The first kappa shape index (κ1) is 12.8. The SMILES string of the molecule is COCCN1N=C(c2ccccc2)C(C)CC1=O. The van der Waals surface area contributed by atoms with E-state index in [1.807, 2.05) is 37.3 Å². The van der Waals surface area contributed by atoms with Crippen molar-refractivity contribution in [2.75, 3.05) is 20.3 Å². The number of hydrogen-bond donors (Lipinski definition) is 0. The van der Waals surface area contributed by atoms with Crippen molar-refractivity contribution in [3.05, 3.63) is 35.9 Å². The predicted molar refractivity (Wildman–Crippen MR) is 70.3 cm³/mol. The molecule has 1 aromatic rings. The Bertz CT molecular complexity index is 442.